The highest BCUT2D eigenvalue weighted by Crippen LogP contribution is 2.24. The zero-order chi connectivity index (χ0) is 19.4. The van der Waals surface area contributed by atoms with Gasteiger partial charge in [-0.25, -0.2) is 0 Å². The maximum Gasteiger partial charge on any atom is 0.252 e. The van der Waals surface area contributed by atoms with Gasteiger partial charge in [-0.15, -0.1) is 12.4 Å². The van der Waals surface area contributed by atoms with Gasteiger partial charge in [-0.2, -0.15) is 4.98 Å². The van der Waals surface area contributed by atoms with Gasteiger partial charge < -0.3 is 15.6 Å². The third kappa shape index (κ3) is 4.77. The van der Waals surface area contributed by atoms with Crippen LogP contribution in [-0.2, 0) is 6.54 Å². The quantitative estimate of drug-likeness (QED) is 0.650. The molecule has 3 N–H and O–H groups in total. The lowest BCUT2D eigenvalue weighted by Gasteiger charge is -2.19. The molecule has 0 aliphatic rings. The summed E-state index contributed by atoms with van der Waals surface area (Å²) in [5, 5.41) is 7.10. The second-order valence-electron chi connectivity index (χ2n) is 6.87. The number of nitrogens with two attached hydrogens (primary N) is 1. The van der Waals surface area contributed by atoms with Crippen molar-refractivity contribution in [2.45, 2.75) is 33.4 Å². The molecule has 1 atom stereocenters. The lowest BCUT2D eigenvalue weighted by atomic mass is 10.0. The van der Waals surface area contributed by atoms with Crippen molar-refractivity contribution < 1.29 is 9.32 Å². The van der Waals surface area contributed by atoms with Gasteiger partial charge in [-0.3, -0.25) is 4.79 Å². The van der Waals surface area contributed by atoms with Crippen LogP contribution in [0.1, 0.15) is 47.3 Å². The highest BCUT2D eigenvalue weighted by atomic mass is 35.5. The Morgan fingerprint density at radius 2 is 1.82 bits per heavy atom. The number of nitrogens with one attached hydrogen (secondary N) is 1. The Kier molecular flexibility index (Phi) is 7.31. The number of rotatable bonds is 6. The minimum atomic E-state index is -0.373. The molecule has 0 radical (unpaired) electrons. The van der Waals surface area contributed by atoms with Crippen LogP contribution in [0.4, 0.5) is 0 Å². The topological polar surface area (TPSA) is 94.0 Å². The summed E-state index contributed by atoms with van der Waals surface area (Å²) >= 11 is 0. The average Bonchev–Trinajstić information content (AvgIpc) is 3.16. The van der Waals surface area contributed by atoms with Crippen LogP contribution in [0.3, 0.4) is 0 Å². The predicted octanol–water partition coefficient (Wildman–Crippen LogP) is 4.05. The molecule has 1 aromatic heterocycles. The van der Waals surface area contributed by atoms with E-state index in [0.29, 0.717) is 23.8 Å². The summed E-state index contributed by atoms with van der Waals surface area (Å²) in [4.78, 5) is 17.2. The molecule has 0 aliphatic heterocycles. The summed E-state index contributed by atoms with van der Waals surface area (Å²) in [5.41, 5.74) is 9.07. The molecular formula is C21H25ClN4O2. The summed E-state index contributed by atoms with van der Waals surface area (Å²) in [7, 11) is 0. The molecule has 1 amide bonds. The third-order valence-corrected chi connectivity index (χ3v) is 4.50. The first-order valence-electron chi connectivity index (χ1n) is 8.99. The van der Waals surface area contributed by atoms with Crippen molar-refractivity contribution in [2.24, 2.45) is 11.7 Å². The van der Waals surface area contributed by atoms with E-state index in [1.54, 1.807) is 6.07 Å². The summed E-state index contributed by atoms with van der Waals surface area (Å²) < 4.78 is 5.47. The van der Waals surface area contributed by atoms with Gasteiger partial charge >= 0.3 is 0 Å². The maximum atomic E-state index is 12.7. The highest BCUT2D eigenvalue weighted by Gasteiger charge is 2.25. The van der Waals surface area contributed by atoms with Crippen molar-refractivity contribution in [3.8, 4) is 11.4 Å². The van der Waals surface area contributed by atoms with Crippen molar-refractivity contribution in [2.75, 3.05) is 0 Å². The third-order valence-electron chi connectivity index (χ3n) is 4.50. The van der Waals surface area contributed by atoms with Gasteiger partial charge in [0.15, 0.2) is 0 Å². The van der Waals surface area contributed by atoms with Gasteiger partial charge in [-0.1, -0.05) is 61.5 Å². The lowest BCUT2D eigenvalue weighted by molar-refractivity contribution is 0.0913. The molecule has 1 heterocycles. The number of carbonyl (C=O) groups is 1. The normalized spacial score (nSPS) is 11.8. The van der Waals surface area contributed by atoms with E-state index < -0.39 is 0 Å². The smallest absolute Gasteiger partial charge is 0.252 e. The van der Waals surface area contributed by atoms with Crippen LogP contribution < -0.4 is 11.1 Å². The zero-order valence-electron chi connectivity index (χ0n) is 16.2. The number of amides is 1. The van der Waals surface area contributed by atoms with Crippen molar-refractivity contribution in [3.05, 3.63) is 71.1 Å². The van der Waals surface area contributed by atoms with Gasteiger partial charge in [0.05, 0.1) is 0 Å². The van der Waals surface area contributed by atoms with Crippen LogP contribution >= 0.6 is 12.4 Å². The minimum absolute atomic E-state index is 0. The van der Waals surface area contributed by atoms with Gasteiger partial charge in [0.1, 0.15) is 6.04 Å². The molecule has 0 aliphatic carbocycles. The first-order chi connectivity index (χ1) is 13.0. The van der Waals surface area contributed by atoms with Gasteiger partial charge in [0, 0.05) is 17.7 Å². The van der Waals surface area contributed by atoms with Crippen molar-refractivity contribution in [1.82, 2.24) is 15.5 Å². The number of hydrogen-bond acceptors (Lipinski definition) is 5. The van der Waals surface area contributed by atoms with Gasteiger partial charge in [0.2, 0.25) is 11.7 Å². The molecule has 28 heavy (non-hydrogen) atoms. The Labute approximate surface area is 170 Å². The monoisotopic (exact) mass is 400 g/mol. The fourth-order valence-corrected chi connectivity index (χ4v) is 2.83. The molecule has 2 aromatic carbocycles. The van der Waals surface area contributed by atoms with Crippen LogP contribution in [0, 0.1) is 12.8 Å². The minimum Gasteiger partial charge on any atom is -0.340 e. The van der Waals surface area contributed by atoms with Crippen molar-refractivity contribution in [1.29, 1.82) is 0 Å². The fourth-order valence-electron chi connectivity index (χ4n) is 2.83. The second kappa shape index (κ2) is 9.48. The first-order valence-corrected chi connectivity index (χ1v) is 8.99. The summed E-state index contributed by atoms with van der Waals surface area (Å²) in [6, 6.07) is 14.8. The highest BCUT2D eigenvalue weighted by molar-refractivity contribution is 5.95. The van der Waals surface area contributed by atoms with Crippen molar-refractivity contribution >= 4 is 18.3 Å². The molecule has 7 heteroatoms. The summed E-state index contributed by atoms with van der Waals surface area (Å²) in [5.74, 6) is 0.818. The number of carbonyl (C=O) groups excluding carboxylic acids is 1. The van der Waals surface area contributed by atoms with Crippen LogP contribution in [0.2, 0.25) is 0 Å². The van der Waals surface area contributed by atoms with Gasteiger partial charge in [-0.05, 0) is 30.0 Å². The van der Waals surface area contributed by atoms with E-state index in [-0.39, 0.29) is 30.3 Å². The number of aryl methyl sites for hydroxylation is 1. The molecule has 148 valence electrons. The summed E-state index contributed by atoms with van der Waals surface area (Å²) in [6.45, 7) is 6.40. The average molecular weight is 401 g/mol. The first kappa shape index (κ1) is 21.6. The molecule has 3 rings (SSSR count). The number of halogens is 1. The Morgan fingerprint density at radius 3 is 2.43 bits per heavy atom. The maximum absolute atomic E-state index is 12.7. The largest absolute Gasteiger partial charge is 0.340 e. The molecule has 6 nitrogen and oxygen atoms in total. The summed E-state index contributed by atoms with van der Waals surface area (Å²) in [6.07, 6.45) is 0. The molecule has 0 spiro atoms. The Bertz CT molecular complexity index is 922. The van der Waals surface area contributed by atoms with Crippen LogP contribution in [0.25, 0.3) is 11.4 Å². The molecule has 0 saturated heterocycles. The number of benzene rings is 2. The van der Waals surface area contributed by atoms with E-state index in [4.69, 9.17) is 10.3 Å². The van der Waals surface area contributed by atoms with Crippen LogP contribution in [-0.4, -0.2) is 16.0 Å². The molecule has 0 bridgehead atoms. The number of nitrogens with zero attached hydrogens (tertiary/aromatic N) is 2. The number of aromatic nitrogens is 2. The standard InChI is InChI=1S/C21H24N4O2.ClH/c1-13(2)18(23-20(26)17-7-5-4-6-14(17)3)21-24-19(25-27-21)16-10-8-15(12-22)9-11-16;/h4-11,13,18H,12,22H2,1-3H3,(H,23,26);1H. The fraction of sp³-hybridized carbons (Fsp3) is 0.286. The molecule has 0 fully saturated rings. The Morgan fingerprint density at radius 1 is 1.14 bits per heavy atom. The second-order valence-corrected chi connectivity index (χ2v) is 6.87. The Hall–Kier alpha value is -2.70. The van der Waals surface area contributed by atoms with E-state index in [9.17, 15) is 4.79 Å². The Balaban J connectivity index is 0.00000280. The predicted molar refractivity (Wildman–Crippen MR) is 111 cm³/mol. The van der Waals surface area contributed by atoms with E-state index in [2.05, 4.69) is 15.5 Å². The van der Waals surface area contributed by atoms with Crippen LogP contribution in [0.15, 0.2) is 53.1 Å². The lowest BCUT2D eigenvalue weighted by Crippen LogP contribution is -2.32. The zero-order valence-corrected chi connectivity index (χ0v) is 17.0. The van der Waals surface area contributed by atoms with E-state index in [1.807, 2.05) is 63.2 Å². The van der Waals surface area contributed by atoms with Crippen LogP contribution in [0.5, 0.6) is 0 Å². The van der Waals surface area contributed by atoms with Gasteiger partial charge in [0.25, 0.3) is 5.91 Å². The number of hydrogen-bond donors (Lipinski definition) is 2. The molecule has 3 aromatic rings. The van der Waals surface area contributed by atoms with Crippen molar-refractivity contribution in [3.63, 3.8) is 0 Å². The molecule has 1 unspecified atom stereocenters. The SMILES string of the molecule is Cc1ccccc1C(=O)NC(c1nc(-c2ccc(CN)cc2)no1)C(C)C.Cl. The molecule has 0 saturated carbocycles. The van der Waals surface area contributed by atoms with E-state index in [1.165, 1.54) is 0 Å². The van der Waals surface area contributed by atoms with E-state index >= 15 is 0 Å². The van der Waals surface area contributed by atoms with E-state index in [0.717, 1.165) is 16.7 Å². The molecular weight excluding hydrogens is 376 g/mol.